The molecule has 3 atom stereocenters. The Morgan fingerprint density at radius 2 is 1.60 bits per heavy atom. The second-order valence-corrected chi connectivity index (χ2v) is 13.0. The minimum absolute atomic E-state index is 0.317. The largest absolute Gasteiger partial charge is 0.494 e. The fourth-order valence-electron chi connectivity index (χ4n) is 5.76. The van der Waals surface area contributed by atoms with E-state index in [0.29, 0.717) is 59.8 Å². The van der Waals surface area contributed by atoms with Crippen LogP contribution in [0.25, 0.3) is 10.9 Å². The summed E-state index contributed by atoms with van der Waals surface area (Å²) in [4.78, 5) is 26.9. The first-order valence-corrected chi connectivity index (χ1v) is 13.8. The molecule has 0 radical (unpaired) electrons. The molecule has 2 aliphatic rings. The number of nitrogens with one attached hydrogen (secondary N) is 1. The number of ether oxygens (including phenoxy) is 3. The van der Waals surface area contributed by atoms with Crippen molar-refractivity contribution in [3.05, 3.63) is 24.4 Å². The van der Waals surface area contributed by atoms with Gasteiger partial charge in [-0.2, -0.15) is 13.2 Å². The molecule has 2 aromatic rings. The van der Waals surface area contributed by atoms with Crippen LogP contribution in [0.2, 0.25) is 0 Å². The topological polar surface area (TPSA) is 82.0 Å². The van der Waals surface area contributed by atoms with E-state index in [1.165, 1.54) is 15.7 Å². The number of benzene rings is 1. The molecule has 0 spiro atoms. The van der Waals surface area contributed by atoms with Crippen molar-refractivity contribution < 1.29 is 37.0 Å². The number of aromatic nitrogens is 1. The normalized spacial score (nSPS) is 21.9. The number of carbonyl (C=O) groups excluding carboxylic acids is 2. The average molecular weight is 568 g/mol. The Hall–Kier alpha value is -2.95. The van der Waals surface area contributed by atoms with Crippen molar-refractivity contribution in [2.45, 2.75) is 78.2 Å². The lowest BCUT2D eigenvalue weighted by molar-refractivity contribution is -0.144. The van der Waals surface area contributed by atoms with Gasteiger partial charge in [-0.05, 0) is 96.8 Å². The molecule has 8 nitrogen and oxygen atoms in total. The second kappa shape index (κ2) is 11.1. The molecule has 1 unspecified atom stereocenters. The highest BCUT2D eigenvalue weighted by molar-refractivity contribution is 6.03. The van der Waals surface area contributed by atoms with Gasteiger partial charge in [0.1, 0.15) is 17.0 Å². The van der Waals surface area contributed by atoms with Crippen LogP contribution in [0, 0.1) is 17.8 Å². The Morgan fingerprint density at radius 1 is 0.975 bits per heavy atom. The molecular weight excluding hydrogens is 527 g/mol. The van der Waals surface area contributed by atoms with Gasteiger partial charge >= 0.3 is 18.4 Å². The minimum Gasteiger partial charge on any atom is -0.494 e. The first kappa shape index (κ1) is 30.0. The van der Waals surface area contributed by atoms with Gasteiger partial charge in [0.05, 0.1) is 24.4 Å². The Labute approximate surface area is 233 Å². The lowest BCUT2D eigenvalue weighted by atomic mass is 10.0. The summed E-state index contributed by atoms with van der Waals surface area (Å²) in [6, 6.07) is 5.27. The van der Waals surface area contributed by atoms with Crippen LogP contribution in [0.3, 0.4) is 0 Å². The number of halogens is 3. The Kier molecular flexibility index (Phi) is 8.36. The van der Waals surface area contributed by atoms with Crippen LogP contribution < -0.4 is 10.1 Å². The highest BCUT2D eigenvalue weighted by Crippen LogP contribution is 2.43. The molecule has 1 N–H and O–H groups in total. The monoisotopic (exact) mass is 567 g/mol. The van der Waals surface area contributed by atoms with Crippen LogP contribution in [-0.2, 0) is 9.47 Å². The van der Waals surface area contributed by atoms with Crippen molar-refractivity contribution in [3.63, 3.8) is 0 Å². The molecule has 2 heterocycles. The zero-order valence-electron chi connectivity index (χ0n) is 24.1. The lowest BCUT2D eigenvalue weighted by Gasteiger charge is -2.20. The van der Waals surface area contributed by atoms with Crippen LogP contribution in [0.15, 0.2) is 24.4 Å². The van der Waals surface area contributed by atoms with Gasteiger partial charge in [-0.3, -0.25) is 14.8 Å². The molecule has 1 amide bonds. The molecule has 1 aliphatic heterocycles. The van der Waals surface area contributed by atoms with E-state index in [2.05, 4.69) is 5.32 Å². The standard InChI is InChI=1S/C29H40F3N3O5/c1-27(2,3)39-25(36)33-23-16-35(26(37)40-28(4,5)6)24-8-7-21(13-22(23)24)38-10-9-18-11-19-14-34(15-20(19)12-18)17-29(30,31)32/h7-8,13,16,18-20H,9-12,14-15,17H2,1-6H3,(H,33,36)/t18?,19-,20+. The van der Waals surface area contributed by atoms with E-state index in [1.807, 2.05) is 0 Å². The summed E-state index contributed by atoms with van der Waals surface area (Å²) in [6.45, 7) is 11.3. The summed E-state index contributed by atoms with van der Waals surface area (Å²) < 4.78 is 56.5. The van der Waals surface area contributed by atoms with Gasteiger partial charge < -0.3 is 14.2 Å². The Bertz CT molecular complexity index is 1210. The molecule has 1 aromatic heterocycles. The van der Waals surface area contributed by atoms with Crippen LogP contribution in [-0.4, -0.2) is 65.3 Å². The number of carbonyl (C=O) groups is 2. The van der Waals surface area contributed by atoms with E-state index in [9.17, 15) is 22.8 Å². The molecule has 1 saturated carbocycles. The molecule has 0 bridgehead atoms. The van der Waals surface area contributed by atoms with Crippen molar-refractivity contribution in [3.8, 4) is 5.75 Å². The summed E-state index contributed by atoms with van der Waals surface area (Å²) in [5.74, 6) is 1.64. The summed E-state index contributed by atoms with van der Waals surface area (Å²) >= 11 is 0. The van der Waals surface area contributed by atoms with E-state index >= 15 is 0 Å². The molecule has 11 heteroatoms. The number of rotatable bonds is 6. The number of hydrogen-bond acceptors (Lipinski definition) is 6. The Balaban J connectivity index is 1.41. The number of likely N-dealkylation sites (tertiary alicyclic amines) is 1. The van der Waals surface area contributed by atoms with Gasteiger partial charge in [0.25, 0.3) is 0 Å². The third-order valence-electron chi connectivity index (χ3n) is 7.12. The average Bonchev–Trinajstić information content (AvgIpc) is 3.41. The number of alkyl halides is 3. The predicted octanol–water partition coefficient (Wildman–Crippen LogP) is 7.06. The predicted molar refractivity (Wildman–Crippen MR) is 146 cm³/mol. The maximum atomic E-state index is 12.9. The van der Waals surface area contributed by atoms with Crippen LogP contribution >= 0.6 is 0 Å². The van der Waals surface area contributed by atoms with Gasteiger partial charge in [-0.15, -0.1) is 0 Å². The van der Waals surface area contributed by atoms with Gasteiger partial charge in [0.2, 0.25) is 0 Å². The zero-order chi connectivity index (χ0) is 29.5. The summed E-state index contributed by atoms with van der Waals surface area (Å²) in [6.07, 6.45) is -1.22. The molecule has 222 valence electrons. The minimum atomic E-state index is -4.15. The van der Waals surface area contributed by atoms with Crippen LogP contribution in [0.5, 0.6) is 5.75 Å². The number of anilines is 1. The number of fused-ring (bicyclic) bond motifs is 2. The zero-order valence-corrected chi connectivity index (χ0v) is 24.1. The van der Waals surface area contributed by atoms with Crippen molar-refractivity contribution in [2.75, 3.05) is 31.6 Å². The first-order chi connectivity index (χ1) is 18.5. The fraction of sp³-hybridized carbons (Fsp3) is 0.655. The molecular formula is C29H40F3N3O5. The van der Waals surface area contributed by atoms with Crippen molar-refractivity contribution in [1.29, 1.82) is 0 Å². The van der Waals surface area contributed by atoms with E-state index in [1.54, 1.807) is 59.7 Å². The smallest absolute Gasteiger partial charge is 0.419 e. The summed E-state index contributed by atoms with van der Waals surface area (Å²) in [7, 11) is 0. The van der Waals surface area contributed by atoms with E-state index in [-0.39, 0.29) is 0 Å². The molecule has 1 aromatic carbocycles. The molecule has 2 fully saturated rings. The number of hydrogen-bond donors (Lipinski definition) is 1. The SMILES string of the molecule is CC(C)(C)OC(=O)Nc1cn(C(=O)OC(C)(C)C)c2ccc(OCCC3C[C@@H]4CN(CC(F)(F)F)C[C@@H]4C3)cc12. The van der Waals surface area contributed by atoms with Gasteiger partial charge in [0, 0.05) is 24.7 Å². The van der Waals surface area contributed by atoms with Crippen LogP contribution in [0.1, 0.15) is 60.8 Å². The maximum Gasteiger partial charge on any atom is 0.419 e. The number of nitrogens with zero attached hydrogens (tertiary/aromatic N) is 2. The van der Waals surface area contributed by atoms with Gasteiger partial charge in [0.15, 0.2) is 0 Å². The third-order valence-corrected chi connectivity index (χ3v) is 7.12. The van der Waals surface area contributed by atoms with Crippen molar-refractivity contribution in [2.24, 2.45) is 17.8 Å². The summed E-state index contributed by atoms with van der Waals surface area (Å²) in [5, 5.41) is 3.32. The first-order valence-electron chi connectivity index (χ1n) is 13.8. The molecule has 1 saturated heterocycles. The Morgan fingerprint density at radius 3 is 2.17 bits per heavy atom. The van der Waals surface area contributed by atoms with Crippen molar-refractivity contribution >= 4 is 28.8 Å². The molecule has 4 rings (SSSR count). The fourth-order valence-corrected chi connectivity index (χ4v) is 5.76. The van der Waals surface area contributed by atoms with Crippen LogP contribution in [0.4, 0.5) is 28.4 Å². The number of amides is 1. The van der Waals surface area contributed by atoms with Gasteiger partial charge in [-0.25, -0.2) is 9.59 Å². The highest BCUT2D eigenvalue weighted by atomic mass is 19.4. The van der Waals surface area contributed by atoms with E-state index < -0.39 is 36.1 Å². The van der Waals surface area contributed by atoms with E-state index in [0.717, 1.165) is 19.3 Å². The summed E-state index contributed by atoms with van der Waals surface area (Å²) in [5.41, 5.74) is -0.477. The highest BCUT2D eigenvalue weighted by Gasteiger charge is 2.43. The second-order valence-electron chi connectivity index (χ2n) is 13.0. The quantitative estimate of drug-likeness (QED) is 0.403. The molecule has 40 heavy (non-hydrogen) atoms. The molecule has 1 aliphatic carbocycles. The maximum absolute atomic E-state index is 12.9. The third kappa shape index (κ3) is 8.05. The van der Waals surface area contributed by atoms with E-state index in [4.69, 9.17) is 14.2 Å². The van der Waals surface area contributed by atoms with Gasteiger partial charge in [-0.1, -0.05) is 0 Å². The van der Waals surface area contributed by atoms with Crippen molar-refractivity contribution in [1.82, 2.24) is 9.47 Å². The lowest BCUT2D eigenvalue weighted by Crippen LogP contribution is -2.33.